The number of likely N-dealkylation sites (N-methyl/N-ethyl adjacent to an activating group) is 2. The van der Waals surface area contributed by atoms with E-state index in [-0.39, 0.29) is 5.54 Å². The predicted molar refractivity (Wildman–Crippen MR) is 82.2 cm³/mol. The molecule has 0 fully saturated rings. The second-order valence-corrected chi connectivity index (χ2v) is 6.41. The smallest absolute Gasteiger partial charge is 0.0197 e. The lowest BCUT2D eigenvalue weighted by atomic mass is 10.0. The lowest BCUT2D eigenvalue weighted by molar-refractivity contribution is 0.128. The van der Waals surface area contributed by atoms with Crippen LogP contribution in [0.25, 0.3) is 0 Å². The van der Waals surface area contributed by atoms with E-state index >= 15 is 0 Å². The number of nitrogens with one attached hydrogen (secondary N) is 1. The minimum atomic E-state index is 0.248. The van der Waals surface area contributed by atoms with Gasteiger partial charge in [0.1, 0.15) is 0 Å². The molecule has 0 heterocycles. The van der Waals surface area contributed by atoms with E-state index in [1.807, 2.05) is 0 Å². The molecular weight excluding hydrogens is 222 g/mol. The Morgan fingerprint density at radius 1 is 1.06 bits per heavy atom. The Kier molecular flexibility index (Phi) is 8.08. The Bertz CT molecular complexity index is 214. The molecule has 0 radical (unpaired) electrons. The molecule has 3 heteroatoms. The first-order valence-electron chi connectivity index (χ1n) is 7.39. The number of hydrogen-bond acceptors (Lipinski definition) is 3. The third-order valence-electron chi connectivity index (χ3n) is 3.89. The van der Waals surface area contributed by atoms with Crippen LogP contribution < -0.4 is 5.32 Å². The van der Waals surface area contributed by atoms with E-state index in [1.54, 1.807) is 0 Å². The van der Waals surface area contributed by atoms with Gasteiger partial charge in [0, 0.05) is 30.7 Å². The standard InChI is InChI=1S/C15H35N3/c1-9-15(5,6)16-11-13(3)18(10-2)14(4)12-17(7)8/h13-14,16H,9-12H2,1-8H3. The van der Waals surface area contributed by atoms with Crippen LogP contribution in [0.5, 0.6) is 0 Å². The third kappa shape index (κ3) is 6.72. The molecule has 110 valence electrons. The van der Waals surface area contributed by atoms with Crippen LogP contribution in [0.3, 0.4) is 0 Å². The van der Waals surface area contributed by atoms with Gasteiger partial charge in [-0.05, 0) is 54.8 Å². The maximum absolute atomic E-state index is 3.68. The molecule has 0 rings (SSSR count). The zero-order valence-corrected chi connectivity index (χ0v) is 13.9. The summed E-state index contributed by atoms with van der Waals surface area (Å²) in [4.78, 5) is 4.85. The van der Waals surface area contributed by atoms with Gasteiger partial charge in [-0.2, -0.15) is 0 Å². The zero-order chi connectivity index (χ0) is 14.3. The van der Waals surface area contributed by atoms with Crippen molar-refractivity contribution in [3.05, 3.63) is 0 Å². The summed E-state index contributed by atoms with van der Waals surface area (Å²) in [6.45, 7) is 17.0. The maximum atomic E-state index is 3.68. The highest BCUT2D eigenvalue weighted by Crippen LogP contribution is 2.10. The molecule has 0 bridgehead atoms. The van der Waals surface area contributed by atoms with E-state index in [9.17, 15) is 0 Å². The van der Waals surface area contributed by atoms with E-state index in [2.05, 4.69) is 70.8 Å². The minimum absolute atomic E-state index is 0.248. The zero-order valence-electron chi connectivity index (χ0n) is 13.9. The molecule has 0 amide bonds. The molecule has 0 aliphatic rings. The second kappa shape index (κ2) is 8.13. The Morgan fingerprint density at radius 3 is 2.00 bits per heavy atom. The highest BCUT2D eigenvalue weighted by molar-refractivity contribution is 4.81. The molecule has 18 heavy (non-hydrogen) atoms. The van der Waals surface area contributed by atoms with E-state index in [0.29, 0.717) is 12.1 Å². The first-order valence-corrected chi connectivity index (χ1v) is 7.39. The number of nitrogens with zero attached hydrogens (tertiary/aromatic N) is 2. The first kappa shape index (κ1) is 17.9. The Morgan fingerprint density at radius 2 is 1.61 bits per heavy atom. The fourth-order valence-corrected chi connectivity index (χ4v) is 2.36. The van der Waals surface area contributed by atoms with E-state index in [0.717, 1.165) is 19.6 Å². The average Bonchev–Trinajstić information content (AvgIpc) is 2.26. The topological polar surface area (TPSA) is 18.5 Å². The van der Waals surface area contributed by atoms with Crippen molar-refractivity contribution >= 4 is 0 Å². The normalized spacial score (nSPS) is 16.3. The quantitative estimate of drug-likeness (QED) is 0.684. The Balaban J connectivity index is 4.30. The van der Waals surface area contributed by atoms with Crippen molar-refractivity contribution in [2.45, 2.75) is 65.6 Å². The summed E-state index contributed by atoms with van der Waals surface area (Å²) in [5.41, 5.74) is 0.248. The SMILES string of the molecule is CCN(C(C)CNC(C)(C)CC)C(C)CN(C)C. The largest absolute Gasteiger partial charge is 0.310 e. The molecule has 0 saturated carbocycles. The number of rotatable bonds is 9. The average molecular weight is 257 g/mol. The summed E-state index contributed by atoms with van der Waals surface area (Å²) in [7, 11) is 4.29. The van der Waals surface area contributed by atoms with Crippen LogP contribution in [0, 0.1) is 0 Å². The van der Waals surface area contributed by atoms with Gasteiger partial charge in [0.15, 0.2) is 0 Å². The van der Waals surface area contributed by atoms with Crippen LogP contribution in [0.4, 0.5) is 0 Å². The molecule has 2 atom stereocenters. The van der Waals surface area contributed by atoms with Crippen LogP contribution in [-0.4, -0.2) is 61.2 Å². The summed E-state index contributed by atoms with van der Waals surface area (Å²) < 4.78 is 0. The van der Waals surface area contributed by atoms with Gasteiger partial charge in [-0.1, -0.05) is 13.8 Å². The van der Waals surface area contributed by atoms with Gasteiger partial charge >= 0.3 is 0 Å². The van der Waals surface area contributed by atoms with Gasteiger partial charge in [-0.15, -0.1) is 0 Å². The molecule has 0 aliphatic heterocycles. The van der Waals surface area contributed by atoms with E-state index in [1.165, 1.54) is 6.42 Å². The third-order valence-corrected chi connectivity index (χ3v) is 3.89. The van der Waals surface area contributed by atoms with Crippen LogP contribution in [-0.2, 0) is 0 Å². The Labute approximate surface area is 115 Å². The van der Waals surface area contributed by atoms with Crippen LogP contribution in [0.2, 0.25) is 0 Å². The molecule has 0 aromatic carbocycles. The van der Waals surface area contributed by atoms with Crippen molar-refractivity contribution in [2.24, 2.45) is 0 Å². The van der Waals surface area contributed by atoms with Crippen molar-refractivity contribution in [1.29, 1.82) is 0 Å². The van der Waals surface area contributed by atoms with Crippen molar-refractivity contribution in [1.82, 2.24) is 15.1 Å². The van der Waals surface area contributed by atoms with Crippen LogP contribution in [0.1, 0.15) is 48.0 Å². The number of hydrogen-bond donors (Lipinski definition) is 1. The molecule has 0 saturated heterocycles. The second-order valence-electron chi connectivity index (χ2n) is 6.41. The van der Waals surface area contributed by atoms with Crippen molar-refractivity contribution in [2.75, 3.05) is 33.7 Å². The minimum Gasteiger partial charge on any atom is -0.310 e. The molecule has 0 aromatic heterocycles. The molecular formula is C15H35N3. The summed E-state index contributed by atoms with van der Waals surface area (Å²) in [5.74, 6) is 0. The van der Waals surface area contributed by atoms with Gasteiger partial charge in [-0.3, -0.25) is 4.90 Å². The maximum Gasteiger partial charge on any atom is 0.0197 e. The summed E-state index contributed by atoms with van der Waals surface area (Å²) >= 11 is 0. The summed E-state index contributed by atoms with van der Waals surface area (Å²) in [6.07, 6.45) is 1.17. The molecule has 0 aliphatic carbocycles. The Hall–Kier alpha value is -0.120. The van der Waals surface area contributed by atoms with Gasteiger partial charge in [-0.25, -0.2) is 0 Å². The molecule has 3 nitrogen and oxygen atoms in total. The van der Waals surface area contributed by atoms with Crippen molar-refractivity contribution < 1.29 is 0 Å². The molecule has 1 N–H and O–H groups in total. The van der Waals surface area contributed by atoms with Crippen LogP contribution in [0.15, 0.2) is 0 Å². The lowest BCUT2D eigenvalue weighted by Gasteiger charge is -2.37. The summed E-state index contributed by atoms with van der Waals surface area (Å²) in [5, 5.41) is 3.68. The van der Waals surface area contributed by atoms with Gasteiger partial charge < -0.3 is 10.2 Å². The molecule has 0 aromatic rings. The van der Waals surface area contributed by atoms with E-state index < -0.39 is 0 Å². The molecule has 0 spiro atoms. The fourth-order valence-electron chi connectivity index (χ4n) is 2.36. The lowest BCUT2D eigenvalue weighted by Crippen LogP contribution is -2.51. The monoisotopic (exact) mass is 257 g/mol. The van der Waals surface area contributed by atoms with Crippen molar-refractivity contribution in [3.8, 4) is 0 Å². The van der Waals surface area contributed by atoms with Gasteiger partial charge in [0.05, 0.1) is 0 Å². The van der Waals surface area contributed by atoms with Gasteiger partial charge in [0.25, 0.3) is 0 Å². The summed E-state index contributed by atoms with van der Waals surface area (Å²) in [6, 6.07) is 1.18. The van der Waals surface area contributed by atoms with E-state index in [4.69, 9.17) is 0 Å². The van der Waals surface area contributed by atoms with Crippen LogP contribution >= 0.6 is 0 Å². The highest BCUT2D eigenvalue weighted by Gasteiger charge is 2.21. The van der Waals surface area contributed by atoms with Crippen molar-refractivity contribution in [3.63, 3.8) is 0 Å². The first-order chi connectivity index (χ1) is 8.23. The highest BCUT2D eigenvalue weighted by atomic mass is 15.2. The van der Waals surface area contributed by atoms with Gasteiger partial charge in [0.2, 0.25) is 0 Å². The predicted octanol–water partition coefficient (Wildman–Crippen LogP) is 2.43. The fraction of sp³-hybridized carbons (Fsp3) is 1.00. The molecule has 2 unspecified atom stereocenters.